The first-order valence-electron chi connectivity index (χ1n) is 7.66. The third-order valence-electron chi connectivity index (χ3n) is 3.76. The molecule has 0 aliphatic heterocycles. The molecule has 0 bridgehead atoms. The summed E-state index contributed by atoms with van der Waals surface area (Å²) >= 11 is 0. The lowest BCUT2D eigenvalue weighted by molar-refractivity contribution is -0.120. The first kappa shape index (κ1) is 18.9. The van der Waals surface area contributed by atoms with Gasteiger partial charge >= 0.3 is 0 Å². The molecular formula is C18H20FNO4S. The molecule has 0 fully saturated rings. The number of hydrogen-bond donors (Lipinski definition) is 1. The van der Waals surface area contributed by atoms with Gasteiger partial charge in [-0.3, -0.25) is 4.79 Å². The van der Waals surface area contributed by atoms with E-state index in [9.17, 15) is 17.6 Å². The summed E-state index contributed by atoms with van der Waals surface area (Å²) in [6.07, 6.45) is 1.03. The topological polar surface area (TPSA) is 72.5 Å². The van der Waals surface area contributed by atoms with Crippen LogP contribution < -0.4 is 10.1 Å². The number of nitrogens with one attached hydrogen (secondary N) is 1. The number of carbonyl (C=O) groups excluding carboxylic acids is 1. The van der Waals surface area contributed by atoms with Crippen molar-refractivity contribution in [3.63, 3.8) is 0 Å². The smallest absolute Gasteiger partial charge is 0.238 e. The quantitative estimate of drug-likeness (QED) is 0.854. The van der Waals surface area contributed by atoms with Gasteiger partial charge in [-0.2, -0.15) is 0 Å². The number of ether oxygens (including phenoxy) is 1. The average molecular weight is 365 g/mol. The molecule has 0 radical (unpaired) electrons. The highest BCUT2D eigenvalue weighted by Crippen LogP contribution is 2.26. The van der Waals surface area contributed by atoms with E-state index in [1.54, 1.807) is 12.1 Å². The lowest BCUT2D eigenvalue weighted by atomic mass is 10.1. The number of sulfone groups is 1. The van der Waals surface area contributed by atoms with E-state index in [0.29, 0.717) is 11.5 Å². The average Bonchev–Trinajstić information content (AvgIpc) is 2.55. The molecule has 0 unspecified atom stereocenters. The van der Waals surface area contributed by atoms with Crippen molar-refractivity contribution in [3.8, 4) is 11.5 Å². The zero-order valence-electron chi connectivity index (χ0n) is 14.2. The van der Waals surface area contributed by atoms with Gasteiger partial charge in [0.2, 0.25) is 5.91 Å². The maximum Gasteiger partial charge on any atom is 0.238 e. The summed E-state index contributed by atoms with van der Waals surface area (Å²) in [6.45, 7) is 3.43. The predicted octanol–water partition coefficient (Wildman–Crippen LogP) is 2.98. The number of aryl methyl sites for hydroxylation is 1. The van der Waals surface area contributed by atoms with Crippen LogP contribution in [0, 0.1) is 12.7 Å². The summed E-state index contributed by atoms with van der Waals surface area (Å²) in [4.78, 5) is 11.8. The Morgan fingerprint density at radius 2 is 1.84 bits per heavy atom. The highest BCUT2D eigenvalue weighted by molar-refractivity contribution is 7.92. The van der Waals surface area contributed by atoms with E-state index in [4.69, 9.17) is 4.74 Å². The van der Waals surface area contributed by atoms with E-state index in [-0.39, 0.29) is 12.4 Å². The lowest BCUT2D eigenvalue weighted by Gasteiger charge is -2.13. The molecule has 2 rings (SSSR count). The van der Waals surface area contributed by atoms with Crippen LogP contribution >= 0.6 is 0 Å². The van der Waals surface area contributed by atoms with Crippen molar-refractivity contribution in [2.24, 2.45) is 0 Å². The van der Waals surface area contributed by atoms with Crippen molar-refractivity contribution in [2.75, 3.05) is 6.26 Å². The van der Waals surface area contributed by atoms with Crippen LogP contribution in [-0.2, 0) is 21.2 Å². The molecular weight excluding hydrogens is 345 g/mol. The Balaban J connectivity index is 2.02. The van der Waals surface area contributed by atoms with Crippen LogP contribution in [0.25, 0.3) is 0 Å². The number of carbonyl (C=O) groups is 1. The second-order valence-corrected chi connectivity index (χ2v) is 8.21. The van der Waals surface area contributed by atoms with Gasteiger partial charge in [-0.1, -0.05) is 12.1 Å². The predicted molar refractivity (Wildman–Crippen MR) is 93.8 cm³/mol. The summed E-state index contributed by atoms with van der Waals surface area (Å²) in [5, 5.41) is 1.52. The fourth-order valence-electron chi connectivity index (χ4n) is 2.09. The second kappa shape index (κ2) is 7.65. The number of hydrogen-bond acceptors (Lipinski definition) is 4. The van der Waals surface area contributed by atoms with Gasteiger partial charge in [0, 0.05) is 12.8 Å². The SMILES string of the molecule is Cc1cc(CNC(=O)[C@@H](C)S(C)(=O)=O)ccc1Oc1ccc(F)cc1. The molecule has 5 nitrogen and oxygen atoms in total. The maximum absolute atomic E-state index is 12.9. The van der Waals surface area contributed by atoms with Gasteiger partial charge in [0.15, 0.2) is 9.84 Å². The molecule has 0 heterocycles. The Hall–Kier alpha value is -2.41. The molecule has 7 heteroatoms. The summed E-state index contributed by atoms with van der Waals surface area (Å²) in [5.74, 6) is 0.268. The molecule has 0 aliphatic rings. The van der Waals surface area contributed by atoms with Crippen LogP contribution in [0.4, 0.5) is 4.39 Å². The van der Waals surface area contributed by atoms with Crippen molar-refractivity contribution in [1.82, 2.24) is 5.32 Å². The largest absolute Gasteiger partial charge is 0.457 e. The van der Waals surface area contributed by atoms with Crippen molar-refractivity contribution < 1.29 is 22.3 Å². The molecule has 0 aliphatic carbocycles. The van der Waals surface area contributed by atoms with Gasteiger partial charge in [-0.05, 0) is 55.3 Å². The zero-order chi connectivity index (χ0) is 18.6. The van der Waals surface area contributed by atoms with Crippen molar-refractivity contribution in [1.29, 1.82) is 0 Å². The molecule has 134 valence electrons. The van der Waals surface area contributed by atoms with E-state index >= 15 is 0 Å². The minimum absolute atomic E-state index is 0.219. The third-order valence-corrected chi connectivity index (χ3v) is 5.26. The van der Waals surface area contributed by atoms with Crippen LogP contribution in [0.3, 0.4) is 0 Å². The second-order valence-electron chi connectivity index (χ2n) is 5.85. The van der Waals surface area contributed by atoms with Gasteiger partial charge in [0.25, 0.3) is 0 Å². The lowest BCUT2D eigenvalue weighted by Crippen LogP contribution is -2.37. The first-order chi connectivity index (χ1) is 11.7. The van der Waals surface area contributed by atoms with Crippen LogP contribution in [0.1, 0.15) is 18.1 Å². The minimum atomic E-state index is -3.42. The van der Waals surface area contributed by atoms with Gasteiger partial charge in [0.1, 0.15) is 22.6 Å². The van der Waals surface area contributed by atoms with Crippen molar-refractivity contribution in [2.45, 2.75) is 25.6 Å². The van der Waals surface area contributed by atoms with E-state index in [1.807, 2.05) is 13.0 Å². The van der Waals surface area contributed by atoms with E-state index in [1.165, 1.54) is 31.2 Å². The minimum Gasteiger partial charge on any atom is -0.457 e. The monoisotopic (exact) mass is 365 g/mol. The van der Waals surface area contributed by atoms with Crippen LogP contribution in [0.2, 0.25) is 0 Å². The Morgan fingerprint density at radius 3 is 2.40 bits per heavy atom. The summed E-state index contributed by atoms with van der Waals surface area (Å²) < 4.78 is 41.4. The van der Waals surface area contributed by atoms with Crippen LogP contribution in [0.15, 0.2) is 42.5 Å². The standard InChI is InChI=1S/C18H20FNO4S/c1-12-10-14(11-20-18(21)13(2)25(3,22)23)4-9-17(12)24-16-7-5-15(19)6-8-16/h4-10,13H,11H2,1-3H3,(H,20,21)/t13-/m1/s1. The molecule has 2 aromatic rings. The van der Waals surface area contributed by atoms with Crippen molar-refractivity contribution >= 4 is 15.7 Å². The normalized spacial score (nSPS) is 12.5. The van der Waals surface area contributed by atoms with E-state index in [2.05, 4.69) is 5.32 Å². The first-order valence-corrected chi connectivity index (χ1v) is 9.62. The van der Waals surface area contributed by atoms with Gasteiger partial charge < -0.3 is 10.1 Å². The summed E-state index contributed by atoms with van der Waals surface area (Å²) in [7, 11) is -3.42. The van der Waals surface area contributed by atoms with E-state index < -0.39 is 21.0 Å². The zero-order valence-corrected chi connectivity index (χ0v) is 15.1. The van der Waals surface area contributed by atoms with Gasteiger partial charge in [-0.25, -0.2) is 12.8 Å². The number of benzene rings is 2. The Morgan fingerprint density at radius 1 is 1.20 bits per heavy atom. The van der Waals surface area contributed by atoms with Gasteiger partial charge in [-0.15, -0.1) is 0 Å². The molecule has 0 aromatic heterocycles. The molecule has 0 saturated heterocycles. The Bertz CT molecular complexity index is 863. The third kappa shape index (κ3) is 5.29. The highest BCUT2D eigenvalue weighted by Gasteiger charge is 2.23. The van der Waals surface area contributed by atoms with Crippen LogP contribution in [-0.4, -0.2) is 25.8 Å². The summed E-state index contributed by atoms with van der Waals surface area (Å²) in [6, 6.07) is 11.1. The number of halogens is 1. The molecule has 1 atom stereocenters. The summed E-state index contributed by atoms with van der Waals surface area (Å²) in [5.41, 5.74) is 1.66. The Kier molecular flexibility index (Phi) is 5.79. The molecule has 1 amide bonds. The fraction of sp³-hybridized carbons (Fsp3) is 0.278. The molecule has 25 heavy (non-hydrogen) atoms. The van der Waals surface area contributed by atoms with Gasteiger partial charge in [0.05, 0.1) is 0 Å². The maximum atomic E-state index is 12.9. The fourth-order valence-corrected chi connectivity index (χ4v) is 2.57. The molecule has 1 N–H and O–H groups in total. The van der Waals surface area contributed by atoms with Crippen molar-refractivity contribution in [3.05, 3.63) is 59.4 Å². The van der Waals surface area contributed by atoms with E-state index in [0.717, 1.165) is 17.4 Å². The molecule has 0 saturated carbocycles. The van der Waals surface area contributed by atoms with Crippen LogP contribution in [0.5, 0.6) is 11.5 Å². The number of rotatable bonds is 6. The molecule has 0 spiro atoms. The highest BCUT2D eigenvalue weighted by atomic mass is 32.2. The number of amides is 1. The Labute approximate surface area is 146 Å². The molecule has 2 aromatic carbocycles.